The van der Waals surface area contributed by atoms with Gasteiger partial charge in [0.05, 0.1) is 17.9 Å². The van der Waals surface area contributed by atoms with Gasteiger partial charge in [0.15, 0.2) is 5.96 Å². The summed E-state index contributed by atoms with van der Waals surface area (Å²) in [5, 5.41) is 3.02. The normalized spacial score (nSPS) is 11.3. The van der Waals surface area contributed by atoms with Crippen LogP contribution in [-0.2, 0) is 6.42 Å². The van der Waals surface area contributed by atoms with E-state index in [-0.39, 0.29) is 0 Å². The highest BCUT2D eigenvalue weighted by Crippen LogP contribution is 1.94. The highest BCUT2D eigenvalue weighted by Gasteiger charge is 1.96. The third-order valence-corrected chi connectivity index (χ3v) is 2.04. The number of hydrogen-bond donors (Lipinski definition) is 2. The molecule has 5 nitrogen and oxygen atoms in total. The van der Waals surface area contributed by atoms with Gasteiger partial charge in [-0.15, -0.1) is 0 Å². The van der Waals surface area contributed by atoms with Crippen LogP contribution in [-0.4, -0.2) is 29.0 Å². The fraction of sp³-hybridized carbons (Fsp3) is 0.417. The summed E-state index contributed by atoms with van der Waals surface area (Å²) in [6.07, 6.45) is 4.31. The number of rotatable bonds is 5. The molecule has 0 aliphatic carbocycles. The van der Waals surface area contributed by atoms with E-state index in [9.17, 15) is 0 Å². The second-order valence-corrected chi connectivity index (χ2v) is 3.98. The number of aryl methyl sites for hydroxylation is 1. The minimum absolute atomic E-state index is 0.438. The summed E-state index contributed by atoms with van der Waals surface area (Å²) in [7, 11) is 0. The maximum Gasteiger partial charge on any atom is 0.188 e. The zero-order valence-electron chi connectivity index (χ0n) is 10.4. The molecule has 17 heavy (non-hydrogen) atoms. The Morgan fingerprint density at radius 1 is 1.47 bits per heavy atom. The van der Waals surface area contributed by atoms with Crippen LogP contribution in [0.4, 0.5) is 0 Å². The number of aliphatic imine (C=N–C) groups is 1. The second-order valence-electron chi connectivity index (χ2n) is 3.98. The van der Waals surface area contributed by atoms with Crippen LogP contribution < -0.4 is 11.1 Å². The van der Waals surface area contributed by atoms with Crippen LogP contribution in [0.25, 0.3) is 0 Å². The van der Waals surface area contributed by atoms with Gasteiger partial charge in [-0.2, -0.15) is 0 Å². The van der Waals surface area contributed by atoms with Gasteiger partial charge in [-0.1, -0.05) is 12.2 Å². The molecule has 0 radical (unpaired) electrons. The molecule has 0 aliphatic heterocycles. The van der Waals surface area contributed by atoms with Crippen LogP contribution >= 0.6 is 0 Å². The van der Waals surface area contributed by atoms with Crippen molar-refractivity contribution >= 4 is 5.96 Å². The van der Waals surface area contributed by atoms with Crippen LogP contribution in [0.15, 0.2) is 29.5 Å². The molecule has 0 atom stereocenters. The first-order chi connectivity index (χ1) is 8.08. The topological polar surface area (TPSA) is 76.2 Å². The van der Waals surface area contributed by atoms with Gasteiger partial charge in [-0.25, -0.2) is 4.99 Å². The Labute approximate surface area is 102 Å². The molecule has 0 unspecified atom stereocenters. The van der Waals surface area contributed by atoms with Crippen molar-refractivity contribution in [2.75, 3.05) is 13.1 Å². The molecule has 0 saturated heterocycles. The summed E-state index contributed by atoms with van der Waals surface area (Å²) in [6, 6.07) is 0. The van der Waals surface area contributed by atoms with Crippen molar-refractivity contribution in [3.05, 3.63) is 35.9 Å². The van der Waals surface area contributed by atoms with Gasteiger partial charge in [0.1, 0.15) is 0 Å². The molecule has 0 saturated carbocycles. The van der Waals surface area contributed by atoms with Crippen molar-refractivity contribution in [1.82, 2.24) is 15.3 Å². The fourth-order valence-electron chi connectivity index (χ4n) is 1.14. The molecule has 1 aromatic rings. The fourth-order valence-corrected chi connectivity index (χ4v) is 1.14. The van der Waals surface area contributed by atoms with E-state index >= 15 is 0 Å². The maximum atomic E-state index is 5.67. The number of hydrogen-bond acceptors (Lipinski definition) is 3. The summed E-state index contributed by atoms with van der Waals surface area (Å²) in [5.41, 5.74) is 8.52. The Morgan fingerprint density at radius 3 is 2.82 bits per heavy atom. The molecule has 0 bridgehead atoms. The first-order valence-corrected chi connectivity index (χ1v) is 5.53. The smallest absolute Gasteiger partial charge is 0.188 e. The van der Waals surface area contributed by atoms with E-state index in [1.807, 2.05) is 13.8 Å². The van der Waals surface area contributed by atoms with E-state index in [0.717, 1.165) is 23.4 Å². The standard InChI is InChI=1S/C12H19N5/c1-9(2)6-17-12(13)14-5-4-11-8-15-10(3)7-16-11/h7-8H,1,4-6H2,2-3H3,(H3,13,14,17). The van der Waals surface area contributed by atoms with Crippen LogP contribution in [0.1, 0.15) is 18.3 Å². The van der Waals surface area contributed by atoms with Gasteiger partial charge in [0.2, 0.25) is 0 Å². The molecule has 0 aliphatic rings. The van der Waals surface area contributed by atoms with Gasteiger partial charge >= 0.3 is 0 Å². The van der Waals surface area contributed by atoms with E-state index in [2.05, 4.69) is 26.9 Å². The van der Waals surface area contributed by atoms with Crippen molar-refractivity contribution in [3.8, 4) is 0 Å². The lowest BCUT2D eigenvalue weighted by Gasteiger charge is -2.05. The Hall–Kier alpha value is -1.91. The van der Waals surface area contributed by atoms with Crippen molar-refractivity contribution in [1.29, 1.82) is 0 Å². The Kier molecular flexibility index (Phi) is 5.13. The first-order valence-electron chi connectivity index (χ1n) is 5.53. The second kappa shape index (κ2) is 6.62. The maximum absolute atomic E-state index is 5.67. The van der Waals surface area contributed by atoms with Gasteiger partial charge in [0, 0.05) is 25.4 Å². The van der Waals surface area contributed by atoms with Crippen LogP contribution in [0, 0.1) is 6.92 Å². The van der Waals surface area contributed by atoms with E-state index in [1.165, 1.54) is 0 Å². The van der Waals surface area contributed by atoms with Gasteiger partial charge < -0.3 is 11.1 Å². The van der Waals surface area contributed by atoms with Gasteiger partial charge in [-0.3, -0.25) is 9.97 Å². The molecule has 0 aromatic carbocycles. The molecule has 0 spiro atoms. The Morgan fingerprint density at radius 2 is 2.24 bits per heavy atom. The van der Waals surface area contributed by atoms with Gasteiger partial charge in [-0.05, 0) is 13.8 Å². The average Bonchev–Trinajstić information content (AvgIpc) is 2.29. The SMILES string of the molecule is C=C(C)CN=C(N)NCCc1cnc(C)cn1. The molecule has 0 fully saturated rings. The van der Waals surface area contributed by atoms with Crippen molar-refractivity contribution in [2.45, 2.75) is 20.3 Å². The number of nitrogens with two attached hydrogens (primary N) is 1. The summed E-state index contributed by atoms with van der Waals surface area (Å²) in [6.45, 7) is 8.84. The lowest BCUT2D eigenvalue weighted by molar-refractivity contribution is 0.821. The number of nitrogens with one attached hydrogen (secondary N) is 1. The van der Waals surface area contributed by atoms with Crippen molar-refractivity contribution < 1.29 is 0 Å². The number of aromatic nitrogens is 2. The molecule has 0 amide bonds. The molecular formula is C12H19N5. The van der Waals surface area contributed by atoms with E-state index in [4.69, 9.17) is 5.73 Å². The number of guanidine groups is 1. The van der Waals surface area contributed by atoms with E-state index < -0.39 is 0 Å². The zero-order chi connectivity index (χ0) is 12.7. The summed E-state index contributed by atoms with van der Waals surface area (Å²) >= 11 is 0. The monoisotopic (exact) mass is 233 g/mol. The molecule has 5 heteroatoms. The summed E-state index contributed by atoms with van der Waals surface area (Å²) in [4.78, 5) is 12.5. The molecule has 1 rings (SSSR count). The minimum Gasteiger partial charge on any atom is -0.370 e. The third-order valence-electron chi connectivity index (χ3n) is 2.04. The predicted molar refractivity (Wildman–Crippen MR) is 69.8 cm³/mol. The highest BCUT2D eigenvalue weighted by atomic mass is 15.1. The molecule has 1 aromatic heterocycles. The summed E-state index contributed by atoms with van der Waals surface area (Å²) in [5.74, 6) is 0.438. The lowest BCUT2D eigenvalue weighted by atomic mass is 10.3. The Bertz CT molecular complexity index is 394. The van der Waals surface area contributed by atoms with Crippen LogP contribution in [0.5, 0.6) is 0 Å². The van der Waals surface area contributed by atoms with Crippen LogP contribution in [0.2, 0.25) is 0 Å². The molecule has 1 heterocycles. The molecule has 3 N–H and O–H groups in total. The average molecular weight is 233 g/mol. The first kappa shape index (κ1) is 13.2. The van der Waals surface area contributed by atoms with E-state index in [0.29, 0.717) is 19.0 Å². The zero-order valence-corrected chi connectivity index (χ0v) is 10.4. The lowest BCUT2D eigenvalue weighted by Crippen LogP contribution is -2.33. The highest BCUT2D eigenvalue weighted by molar-refractivity contribution is 5.77. The third kappa shape index (κ3) is 5.65. The van der Waals surface area contributed by atoms with Gasteiger partial charge in [0.25, 0.3) is 0 Å². The summed E-state index contributed by atoms with van der Waals surface area (Å²) < 4.78 is 0. The van der Waals surface area contributed by atoms with E-state index in [1.54, 1.807) is 12.4 Å². The molecular weight excluding hydrogens is 214 g/mol. The van der Waals surface area contributed by atoms with Crippen molar-refractivity contribution in [2.24, 2.45) is 10.7 Å². The largest absolute Gasteiger partial charge is 0.370 e. The Balaban J connectivity index is 2.30. The van der Waals surface area contributed by atoms with Crippen molar-refractivity contribution in [3.63, 3.8) is 0 Å². The minimum atomic E-state index is 0.438. The quantitative estimate of drug-likeness (QED) is 0.448. The predicted octanol–water partition coefficient (Wildman–Crippen LogP) is 0.808. The number of nitrogens with zero attached hydrogens (tertiary/aromatic N) is 3. The van der Waals surface area contributed by atoms with Crippen LogP contribution in [0.3, 0.4) is 0 Å². The molecule has 92 valence electrons.